The van der Waals surface area contributed by atoms with Crippen LogP contribution in [0.3, 0.4) is 0 Å². The van der Waals surface area contributed by atoms with Crippen LogP contribution >= 0.6 is 0 Å². The molecule has 82 valence electrons. The highest BCUT2D eigenvalue weighted by Crippen LogP contribution is 2.29. The molecular formula is C11H12F3N. The molecular weight excluding hydrogens is 203 g/mol. The third kappa shape index (κ3) is 3.65. The van der Waals surface area contributed by atoms with Gasteiger partial charge in [-0.25, -0.2) is 0 Å². The van der Waals surface area contributed by atoms with Gasteiger partial charge in [0.15, 0.2) is 0 Å². The van der Waals surface area contributed by atoms with E-state index in [0.29, 0.717) is 12.2 Å². The predicted molar refractivity (Wildman–Crippen MR) is 54.7 cm³/mol. The summed E-state index contributed by atoms with van der Waals surface area (Å²) in [6, 6.07) is 4.98. The first kappa shape index (κ1) is 11.6. The third-order valence-electron chi connectivity index (χ3n) is 1.89. The molecule has 0 aliphatic rings. The van der Waals surface area contributed by atoms with E-state index >= 15 is 0 Å². The average molecular weight is 215 g/mol. The molecule has 0 bridgehead atoms. The standard InChI is InChI=1S/C11H12F3N/c1-2-3-8-15-10-6-4-9(5-7-10)11(12,13)14/h2,4-7,15H,1,3,8H2. The van der Waals surface area contributed by atoms with Gasteiger partial charge in [-0.2, -0.15) is 13.2 Å². The van der Waals surface area contributed by atoms with Gasteiger partial charge in [-0.15, -0.1) is 6.58 Å². The molecule has 0 atom stereocenters. The Morgan fingerprint density at radius 2 is 1.80 bits per heavy atom. The Balaban J connectivity index is 2.60. The SMILES string of the molecule is C=CCCNc1ccc(C(F)(F)F)cc1. The van der Waals surface area contributed by atoms with Crippen molar-refractivity contribution in [2.75, 3.05) is 11.9 Å². The molecule has 0 radical (unpaired) electrons. The lowest BCUT2D eigenvalue weighted by Crippen LogP contribution is -2.05. The summed E-state index contributed by atoms with van der Waals surface area (Å²) in [6.07, 6.45) is -1.74. The molecule has 15 heavy (non-hydrogen) atoms. The summed E-state index contributed by atoms with van der Waals surface area (Å²) in [5, 5.41) is 2.99. The van der Waals surface area contributed by atoms with E-state index in [-0.39, 0.29) is 0 Å². The van der Waals surface area contributed by atoms with Crippen molar-refractivity contribution in [1.29, 1.82) is 0 Å². The quantitative estimate of drug-likeness (QED) is 0.596. The summed E-state index contributed by atoms with van der Waals surface area (Å²) >= 11 is 0. The van der Waals surface area contributed by atoms with Crippen LogP contribution in [0.1, 0.15) is 12.0 Å². The summed E-state index contributed by atoms with van der Waals surface area (Å²) in [5.41, 5.74) is 0.0571. The highest BCUT2D eigenvalue weighted by Gasteiger charge is 2.29. The van der Waals surface area contributed by atoms with Gasteiger partial charge in [0, 0.05) is 12.2 Å². The van der Waals surface area contributed by atoms with Crippen LogP contribution in [0.4, 0.5) is 18.9 Å². The summed E-state index contributed by atoms with van der Waals surface area (Å²) in [5.74, 6) is 0. The Morgan fingerprint density at radius 3 is 2.27 bits per heavy atom. The number of nitrogens with one attached hydrogen (secondary N) is 1. The molecule has 0 saturated carbocycles. The van der Waals surface area contributed by atoms with Gasteiger partial charge in [0.1, 0.15) is 0 Å². The Morgan fingerprint density at radius 1 is 1.20 bits per heavy atom. The van der Waals surface area contributed by atoms with Gasteiger partial charge in [0.05, 0.1) is 5.56 Å². The summed E-state index contributed by atoms with van der Waals surface area (Å²) < 4.78 is 36.6. The smallest absolute Gasteiger partial charge is 0.385 e. The lowest BCUT2D eigenvalue weighted by Gasteiger charge is -2.08. The van der Waals surface area contributed by atoms with Crippen molar-refractivity contribution in [2.24, 2.45) is 0 Å². The van der Waals surface area contributed by atoms with E-state index in [0.717, 1.165) is 18.6 Å². The first-order chi connectivity index (χ1) is 7.04. The fourth-order valence-corrected chi connectivity index (χ4v) is 1.10. The number of halogens is 3. The molecule has 1 N–H and O–H groups in total. The van der Waals surface area contributed by atoms with E-state index in [1.165, 1.54) is 12.1 Å². The second kappa shape index (κ2) is 4.87. The topological polar surface area (TPSA) is 12.0 Å². The molecule has 0 heterocycles. The molecule has 0 spiro atoms. The summed E-state index contributed by atoms with van der Waals surface area (Å²) in [4.78, 5) is 0. The maximum absolute atomic E-state index is 12.2. The second-order valence-electron chi connectivity index (χ2n) is 3.08. The lowest BCUT2D eigenvalue weighted by atomic mass is 10.2. The number of hydrogen-bond donors (Lipinski definition) is 1. The molecule has 1 aromatic rings. The zero-order valence-corrected chi connectivity index (χ0v) is 8.14. The Hall–Kier alpha value is -1.45. The normalized spacial score (nSPS) is 11.1. The van der Waals surface area contributed by atoms with Crippen LogP contribution in [0.2, 0.25) is 0 Å². The van der Waals surface area contributed by atoms with Gasteiger partial charge < -0.3 is 5.32 Å². The maximum Gasteiger partial charge on any atom is 0.416 e. The van der Waals surface area contributed by atoms with E-state index in [1.807, 2.05) is 0 Å². The Labute approximate surface area is 86.6 Å². The predicted octanol–water partition coefficient (Wildman–Crippen LogP) is 3.69. The number of rotatable bonds is 4. The third-order valence-corrected chi connectivity index (χ3v) is 1.89. The summed E-state index contributed by atoms with van der Waals surface area (Å²) in [7, 11) is 0. The van der Waals surface area contributed by atoms with Crippen molar-refractivity contribution in [2.45, 2.75) is 12.6 Å². The van der Waals surface area contributed by atoms with Crippen LogP contribution in [-0.4, -0.2) is 6.54 Å². The largest absolute Gasteiger partial charge is 0.416 e. The molecule has 1 aromatic carbocycles. The lowest BCUT2D eigenvalue weighted by molar-refractivity contribution is -0.137. The van der Waals surface area contributed by atoms with Gasteiger partial charge in [-0.3, -0.25) is 0 Å². The van der Waals surface area contributed by atoms with Crippen LogP contribution < -0.4 is 5.32 Å². The van der Waals surface area contributed by atoms with Crippen LogP contribution in [0, 0.1) is 0 Å². The van der Waals surface area contributed by atoms with E-state index in [1.54, 1.807) is 6.08 Å². The Kier molecular flexibility index (Phi) is 3.77. The van der Waals surface area contributed by atoms with Crippen LogP contribution in [0.5, 0.6) is 0 Å². The van der Waals surface area contributed by atoms with Crippen LogP contribution in [0.15, 0.2) is 36.9 Å². The van der Waals surface area contributed by atoms with Crippen LogP contribution in [0.25, 0.3) is 0 Å². The van der Waals surface area contributed by atoms with Gasteiger partial charge in [-0.1, -0.05) is 6.08 Å². The summed E-state index contributed by atoms with van der Waals surface area (Å²) in [6.45, 7) is 4.22. The van der Waals surface area contributed by atoms with Crippen LogP contribution in [-0.2, 0) is 6.18 Å². The Bertz CT molecular complexity index is 314. The minimum atomic E-state index is -4.26. The second-order valence-corrected chi connectivity index (χ2v) is 3.08. The van der Waals surface area contributed by atoms with E-state index in [2.05, 4.69) is 11.9 Å². The first-order valence-corrected chi connectivity index (χ1v) is 4.56. The number of hydrogen-bond acceptors (Lipinski definition) is 1. The highest BCUT2D eigenvalue weighted by atomic mass is 19.4. The van der Waals surface area contributed by atoms with E-state index in [4.69, 9.17) is 0 Å². The molecule has 1 nitrogen and oxygen atoms in total. The monoisotopic (exact) mass is 215 g/mol. The van der Waals surface area contributed by atoms with Crippen molar-refractivity contribution < 1.29 is 13.2 Å². The molecule has 1 rings (SSSR count). The van der Waals surface area contributed by atoms with Gasteiger partial charge >= 0.3 is 6.18 Å². The zero-order chi connectivity index (χ0) is 11.3. The van der Waals surface area contributed by atoms with Crippen molar-refractivity contribution in [3.8, 4) is 0 Å². The molecule has 0 aliphatic carbocycles. The van der Waals surface area contributed by atoms with Crippen molar-refractivity contribution in [3.63, 3.8) is 0 Å². The average Bonchev–Trinajstić information content (AvgIpc) is 2.18. The molecule has 0 aromatic heterocycles. The first-order valence-electron chi connectivity index (χ1n) is 4.56. The fourth-order valence-electron chi connectivity index (χ4n) is 1.10. The van der Waals surface area contributed by atoms with Gasteiger partial charge in [-0.05, 0) is 30.7 Å². The van der Waals surface area contributed by atoms with E-state index < -0.39 is 11.7 Å². The minimum absolute atomic E-state index is 0.628. The van der Waals surface area contributed by atoms with Crippen molar-refractivity contribution in [1.82, 2.24) is 0 Å². The molecule has 0 unspecified atom stereocenters. The zero-order valence-electron chi connectivity index (χ0n) is 8.14. The van der Waals surface area contributed by atoms with Gasteiger partial charge in [0.25, 0.3) is 0 Å². The molecule has 0 amide bonds. The van der Waals surface area contributed by atoms with E-state index in [9.17, 15) is 13.2 Å². The van der Waals surface area contributed by atoms with Gasteiger partial charge in [0.2, 0.25) is 0 Å². The maximum atomic E-state index is 12.2. The molecule has 0 saturated heterocycles. The fraction of sp³-hybridized carbons (Fsp3) is 0.273. The van der Waals surface area contributed by atoms with Crippen molar-refractivity contribution in [3.05, 3.63) is 42.5 Å². The molecule has 0 aliphatic heterocycles. The highest BCUT2D eigenvalue weighted by molar-refractivity contribution is 5.45. The van der Waals surface area contributed by atoms with Crippen molar-refractivity contribution >= 4 is 5.69 Å². The number of anilines is 1. The number of alkyl halides is 3. The number of benzene rings is 1. The minimum Gasteiger partial charge on any atom is -0.385 e. The molecule has 4 heteroatoms. The molecule has 0 fully saturated rings.